The molecule has 20 heavy (non-hydrogen) atoms. The Morgan fingerprint density at radius 3 is 1.55 bits per heavy atom. The van der Waals surface area contributed by atoms with Crippen LogP contribution in [0.15, 0.2) is 0 Å². The molecule has 0 radical (unpaired) electrons. The van der Waals surface area contributed by atoms with E-state index in [9.17, 15) is 9.59 Å². The molecule has 0 amide bonds. The van der Waals surface area contributed by atoms with E-state index in [0.717, 1.165) is 25.7 Å². The van der Waals surface area contributed by atoms with Crippen LogP contribution in [0.3, 0.4) is 0 Å². The van der Waals surface area contributed by atoms with Crippen molar-refractivity contribution < 1.29 is 19.4 Å². The molecule has 0 aliphatic carbocycles. The van der Waals surface area contributed by atoms with Gasteiger partial charge in [-0.1, -0.05) is 64.2 Å². The maximum absolute atomic E-state index is 10.3. The Bertz CT molecular complexity index is 229. The molecule has 0 atom stereocenters. The van der Waals surface area contributed by atoms with Crippen molar-refractivity contribution in [1.82, 2.24) is 0 Å². The zero-order chi connectivity index (χ0) is 14.9. The fraction of sp³-hybridized carbons (Fsp3) is 0.875. The van der Waals surface area contributed by atoms with E-state index in [-0.39, 0.29) is 0 Å². The van der Waals surface area contributed by atoms with Crippen LogP contribution in [0.2, 0.25) is 0 Å². The maximum Gasteiger partial charge on any atom is 0.303 e. The van der Waals surface area contributed by atoms with Gasteiger partial charge in [0.25, 0.3) is 6.47 Å². The molecule has 0 unspecified atom stereocenters. The number of aliphatic carboxylic acids is 1. The van der Waals surface area contributed by atoms with E-state index in [1.807, 2.05) is 0 Å². The van der Waals surface area contributed by atoms with Crippen molar-refractivity contribution in [1.29, 1.82) is 0 Å². The molecule has 118 valence electrons. The SMILES string of the molecule is O=COCCCCCCCCCCCCCCC(=O)O. The second-order valence-electron chi connectivity index (χ2n) is 5.35. The summed E-state index contributed by atoms with van der Waals surface area (Å²) in [5, 5.41) is 8.50. The van der Waals surface area contributed by atoms with Crippen molar-refractivity contribution in [3.05, 3.63) is 0 Å². The Hall–Kier alpha value is -1.06. The first-order chi connectivity index (χ1) is 9.77. The predicted octanol–water partition coefficient (Wildman–Crippen LogP) is 4.32. The molecular weight excluding hydrogens is 256 g/mol. The van der Waals surface area contributed by atoms with Crippen LogP contribution in [0, 0.1) is 0 Å². The van der Waals surface area contributed by atoms with Crippen LogP contribution in [0.4, 0.5) is 0 Å². The minimum atomic E-state index is -0.678. The summed E-state index contributed by atoms with van der Waals surface area (Å²) < 4.78 is 4.63. The molecule has 0 aromatic carbocycles. The minimum Gasteiger partial charge on any atom is -0.481 e. The molecule has 0 bridgehead atoms. The van der Waals surface area contributed by atoms with Gasteiger partial charge in [0.15, 0.2) is 0 Å². The average molecular weight is 286 g/mol. The number of unbranched alkanes of at least 4 members (excludes halogenated alkanes) is 11. The molecule has 0 aliphatic rings. The molecule has 1 N–H and O–H groups in total. The third kappa shape index (κ3) is 16.9. The zero-order valence-electron chi connectivity index (χ0n) is 12.6. The quantitative estimate of drug-likeness (QED) is 0.339. The standard InChI is InChI=1S/C16H30O4/c17-15-20-14-12-10-8-6-4-2-1-3-5-7-9-11-13-16(18)19/h15H,1-14H2,(H,18,19). The summed E-state index contributed by atoms with van der Waals surface area (Å²) in [5.41, 5.74) is 0. The molecule has 0 aromatic rings. The molecule has 0 spiro atoms. The highest BCUT2D eigenvalue weighted by atomic mass is 16.5. The van der Waals surface area contributed by atoms with Gasteiger partial charge in [0, 0.05) is 6.42 Å². The van der Waals surface area contributed by atoms with Gasteiger partial charge in [-0.15, -0.1) is 0 Å². The minimum absolute atomic E-state index is 0.317. The van der Waals surface area contributed by atoms with Gasteiger partial charge in [0.2, 0.25) is 0 Å². The number of hydrogen-bond acceptors (Lipinski definition) is 3. The van der Waals surface area contributed by atoms with Gasteiger partial charge in [-0.2, -0.15) is 0 Å². The van der Waals surface area contributed by atoms with Crippen LogP contribution < -0.4 is 0 Å². The number of ether oxygens (including phenoxy) is 1. The summed E-state index contributed by atoms with van der Waals surface area (Å²) in [6, 6.07) is 0. The monoisotopic (exact) mass is 286 g/mol. The smallest absolute Gasteiger partial charge is 0.303 e. The first-order valence-electron chi connectivity index (χ1n) is 8.04. The number of carbonyl (C=O) groups is 2. The van der Waals surface area contributed by atoms with Gasteiger partial charge in [0.05, 0.1) is 6.61 Å². The highest BCUT2D eigenvalue weighted by Gasteiger charge is 1.97. The van der Waals surface area contributed by atoms with E-state index >= 15 is 0 Å². The van der Waals surface area contributed by atoms with Crippen LogP contribution >= 0.6 is 0 Å². The number of carboxylic acid groups (broad SMARTS) is 1. The number of carbonyl (C=O) groups excluding carboxylic acids is 1. The van der Waals surface area contributed by atoms with Crippen molar-refractivity contribution in [2.45, 2.75) is 83.5 Å². The van der Waals surface area contributed by atoms with Gasteiger partial charge in [0.1, 0.15) is 0 Å². The fourth-order valence-corrected chi connectivity index (χ4v) is 2.28. The van der Waals surface area contributed by atoms with E-state index < -0.39 is 5.97 Å². The molecular formula is C16H30O4. The van der Waals surface area contributed by atoms with E-state index in [1.54, 1.807) is 0 Å². The van der Waals surface area contributed by atoms with Crippen molar-refractivity contribution in [3.8, 4) is 0 Å². The lowest BCUT2D eigenvalue weighted by atomic mass is 10.0. The first kappa shape index (κ1) is 18.9. The van der Waals surface area contributed by atoms with Crippen LogP contribution in [0.5, 0.6) is 0 Å². The summed E-state index contributed by atoms with van der Waals surface area (Å²) in [4.78, 5) is 20.2. The van der Waals surface area contributed by atoms with Gasteiger partial charge in [-0.05, 0) is 12.8 Å². The fourth-order valence-electron chi connectivity index (χ4n) is 2.28. The molecule has 4 heteroatoms. The van der Waals surface area contributed by atoms with Crippen molar-refractivity contribution >= 4 is 12.4 Å². The molecule has 0 aliphatic heterocycles. The first-order valence-corrected chi connectivity index (χ1v) is 8.04. The predicted molar refractivity (Wildman–Crippen MR) is 79.7 cm³/mol. The lowest BCUT2D eigenvalue weighted by Crippen LogP contribution is -1.93. The number of rotatable bonds is 16. The highest BCUT2D eigenvalue weighted by molar-refractivity contribution is 5.66. The van der Waals surface area contributed by atoms with E-state index in [0.29, 0.717) is 19.5 Å². The van der Waals surface area contributed by atoms with Gasteiger partial charge >= 0.3 is 5.97 Å². The summed E-state index contributed by atoms with van der Waals surface area (Å²) >= 11 is 0. The van der Waals surface area contributed by atoms with Crippen molar-refractivity contribution in [2.24, 2.45) is 0 Å². The second kappa shape index (κ2) is 16.0. The van der Waals surface area contributed by atoms with Gasteiger partial charge in [-0.3, -0.25) is 9.59 Å². The molecule has 0 saturated carbocycles. The van der Waals surface area contributed by atoms with E-state index in [4.69, 9.17) is 5.11 Å². The number of carboxylic acids is 1. The summed E-state index contributed by atoms with van der Waals surface area (Å²) in [7, 11) is 0. The van der Waals surface area contributed by atoms with E-state index in [1.165, 1.54) is 51.4 Å². The van der Waals surface area contributed by atoms with Crippen LogP contribution in [-0.4, -0.2) is 24.2 Å². The summed E-state index contributed by atoms with van der Waals surface area (Å²) in [5.74, 6) is -0.678. The summed E-state index contributed by atoms with van der Waals surface area (Å²) in [6.07, 6.45) is 14.4. The Morgan fingerprint density at radius 2 is 1.15 bits per heavy atom. The molecule has 0 fully saturated rings. The Morgan fingerprint density at radius 1 is 0.750 bits per heavy atom. The molecule has 0 saturated heterocycles. The Kier molecular flexibility index (Phi) is 15.1. The van der Waals surface area contributed by atoms with E-state index in [2.05, 4.69) is 4.74 Å². The maximum atomic E-state index is 10.3. The molecule has 4 nitrogen and oxygen atoms in total. The third-order valence-electron chi connectivity index (χ3n) is 3.47. The normalized spacial score (nSPS) is 10.4. The van der Waals surface area contributed by atoms with Crippen LogP contribution in [0.25, 0.3) is 0 Å². The molecule has 0 aromatic heterocycles. The van der Waals surface area contributed by atoms with Gasteiger partial charge < -0.3 is 9.84 Å². The molecule has 0 rings (SSSR count). The van der Waals surface area contributed by atoms with Crippen molar-refractivity contribution in [2.75, 3.05) is 6.61 Å². The lowest BCUT2D eigenvalue weighted by molar-refractivity contribution is -0.137. The van der Waals surface area contributed by atoms with Gasteiger partial charge in [-0.25, -0.2) is 0 Å². The van der Waals surface area contributed by atoms with Crippen LogP contribution in [-0.2, 0) is 14.3 Å². The zero-order valence-corrected chi connectivity index (χ0v) is 12.6. The Balaban J connectivity index is 2.95. The Labute approximate surface area is 122 Å². The topological polar surface area (TPSA) is 63.6 Å². The average Bonchev–Trinajstić information content (AvgIpc) is 2.43. The molecule has 0 heterocycles. The van der Waals surface area contributed by atoms with Crippen LogP contribution in [0.1, 0.15) is 83.5 Å². The largest absolute Gasteiger partial charge is 0.481 e. The highest BCUT2D eigenvalue weighted by Crippen LogP contribution is 2.12. The third-order valence-corrected chi connectivity index (χ3v) is 3.47. The lowest BCUT2D eigenvalue weighted by Gasteiger charge is -2.02. The summed E-state index contributed by atoms with van der Waals surface area (Å²) in [6.45, 7) is 1.08. The number of hydrogen-bond donors (Lipinski definition) is 1. The second-order valence-corrected chi connectivity index (χ2v) is 5.35. The van der Waals surface area contributed by atoms with Crippen molar-refractivity contribution in [3.63, 3.8) is 0 Å².